The quantitative estimate of drug-likeness (QED) is 0.790. The molecule has 0 spiro atoms. The average molecular weight is 255 g/mol. The van der Waals surface area contributed by atoms with Crippen LogP contribution in [0.4, 0.5) is 5.82 Å². The lowest BCUT2D eigenvalue weighted by molar-refractivity contribution is 0.860. The Morgan fingerprint density at radius 2 is 2.25 bits per heavy atom. The zero-order valence-corrected chi connectivity index (χ0v) is 10.6. The summed E-state index contributed by atoms with van der Waals surface area (Å²) in [6.07, 6.45) is 0. The van der Waals surface area contributed by atoms with Crippen molar-refractivity contribution >= 4 is 28.8 Å². The van der Waals surface area contributed by atoms with Crippen LogP contribution in [0.15, 0.2) is 17.0 Å². The molecule has 0 radical (unpaired) electrons. The summed E-state index contributed by atoms with van der Waals surface area (Å²) in [5, 5.41) is 2.49. The monoisotopic (exact) mass is 254 g/mol. The minimum atomic E-state index is 0.465. The Bertz CT molecular complexity index is 451. The van der Waals surface area contributed by atoms with Crippen molar-refractivity contribution in [2.45, 2.75) is 13.5 Å². The number of hydrogen-bond donors (Lipinski definition) is 0. The molecule has 0 fully saturated rings. The third-order valence-corrected chi connectivity index (χ3v) is 2.90. The van der Waals surface area contributed by atoms with Crippen LogP contribution in [0.5, 0.6) is 0 Å². The summed E-state index contributed by atoms with van der Waals surface area (Å²) in [6, 6.07) is 1.75. The van der Waals surface area contributed by atoms with E-state index in [2.05, 4.69) is 15.0 Å². The summed E-state index contributed by atoms with van der Waals surface area (Å²) in [7, 11) is 1.96. The first-order valence-corrected chi connectivity index (χ1v) is 6.06. The highest BCUT2D eigenvalue weighted by Crippen LogP contribution is 2.16. The Kier molecular flexibility index (Phi) is 3.36. The van der Waals surface area contributed by atoms with Crippen LogP contribution in [0.1, 0.15) is 11.5 Å². The molecule has 0 unspecified atom stereocenters. The zero-order valence-electron chi connectivity index (χ0n) is 9.01. The van der Waals surface area contributed by atoms with E-state index in [9.17, 15) is 0 Å². The van der Waals surface area contributed by atoms with Gasteiger partial charge in [0.1, 0.15) is 16.8 Å². The molecule has 0 bridgehead atoms. The summed E-state index contributed by atoms with van der Waals surface area (Å²) < 4.78 is 0. The molecular formula is C10H11ClN4S. The Morgan fingerprint density at radius 1 is 1.44 bits per heavy atom. The molecule has 0 N–H and O–H groups in total. The number of halogens is 1. The van der Waals surface area contributed by atoms with E-state index in [1.54, 1.807) is 17.4 Å². The molecule has 2 rings (SSSR count). The van der Waals surface area contributed by atoms with E-state index in [0.717, 1.165) is 18.1 Å². The number of nitrogens with zero attached hydrogens (tertiary/aromatic N) is 4. The molecule has 2 aromatic rings. The fourth-order valence-electron chi connectivity index (χ4n) is 1.35. The van der Waals surface area contributed by atoms with Gasteiger partial charge in [0, 0.05) is 18.5 Å². The lowest BCUT2D eigenvalue weighted by Gasteiger charge is -2.17. The highest BCUT2D eigenvalue weighted by Gasteiger charge is 2.07. The van der Waals surface area contributed by atoms with Crippen LogP contribution >= 0.6 is 22.9 Å². The fourth-order valence-corrected chi connectivity index (χ4v) is 2.12. The van der Waals surface area contributed by atoms with E-state index >= 15 is 0 Å². The second-order valence-electron chi connectivity index (χ2n) is 3.43. The molecule has 4 nitrogen and oxygen atoms in total. The Morgan fingerprint density at radius 3 is 2.88 bits per heavy atom. The van der Waals surface area contributed by atoms with Gasteiger partial charge in [0.25, 0.3) is 0 Å². The third kappa shape index (κ3) is 2.68. The van der Waals surface area contributed by atoms with E-state index in [-0.39, 0.29) is 0 Å². The normalized spacial score (nSPS) is 10.4. The van der Waals surface area contributed by atoms with Gasteiger partial charge < -0.3 is 4.90 Å². The summed E-state index contributed by atoms with van der Waals surface area (Å²) in [5.74, 6) is 1.48. The van der Waals surface area contributed by atoms with Crippen molar-refractivity contribution in [2.24, 2.45) is 0 Å². The maximum absolute atomic E-state index is 5.88. The molecule has 0 saturated carbocycles. The molecule has 0 aromatic carbocycles. The highest BCUT2D eigenvalue weighted by molar-refractivity contribution is 7.07. The summed E-state index contributed by atoms with van der Waals surface area (Å²) >= 11 is 7.47. The maximum Gasteiger partial charge on any atom is 0.134 e. The van der Waals surface area contributed by atoms with Gasteiger partial charge in [0.2, 0.25) is 0 Å². The number of hydrogen-bond acceptors (Lipinski definition) is 5. The first-order chi connectivity index (χ1) is 7.65. The van der Waals surface area contributed by atoms with Crippen molar-refractivity contribution in [3.63, 3.8) is 0 Å². The number of thiazole rings is 1. The molecule has 0 aliphatic carbocycles. The lowest BCUT2D eigenvalue weighted by atomic mass is 10.4. The Labute approximate surface area is 103 Å². The van der Waals surface area contributed by atoms with Gasteiger partial charge >= 0.3 is 0 Å². The van der Waals surface area contributed by atoms with Crippen LogP contribution < -0.4 is 4.90 Å². The van der Waals surface area contributed by atoms with E-state index in [1.807, 2.05) is 29.8 Å². The minimum absolute atomic E-state index is 0.465. The molecule has 0 aliphatic heterocycles. The van der Waals surface area contributed by atoms with Crippen molar-refractivity contribution in [1.29, 1.82) is 0 Å². The Hall–Kier alpha value is -1.20. The second kappa shape index (κ2) is 4.76. The third-order valence-electron chi connectivity index (χ3n) is 2.07. The van der Waals surface area contributed by atoms with Gasteiger partial charge in [0.05, 0.1) is 17.7 Å². The molecule has 16 heavy (non-hydrogen) atoms. The summed E-state index contributed by atoms with van der Waals surface area (Å²) in [6.45, 7) is 2.54. The average Bonchev–Trinajstić information content (AvgIpc) is 2.68. The van der Waals surface area contributed by atoms with Crippen molar-refractivity contribution in [2.75, 3.05) is 11.9 Å². The van der Waals surface area contributed by atoms with E-state index in [4.69, 9.17) is 11.6 Å². The minimum Gasteiger partial charge on any atom is -0.354 e. The number of rotatable bonds is 3. The van der Waals surface area contributed by atoms with Crippen LogP contribution in [-0.4, -0.2) is 22.0 Å². The van der Waals surface area contributed by atoms with Crippen LogP contribution in [0.2, 0.25) is 5.15 Å². The van der Waals surface area contributed by atoms with E-state index in [0.29, 0.717) is 11.0 Å². The van der Waals surface area contributed by atoms with Crippen LogP contribution in [-0.2, 0) is 6.54 Å². The second-order valence-corrected chi connectivity index (χ2v) is 4.54. The molecule has 0 saturated heterocycles. The SMILES string of the molecule is Cc1nc(Cl)cc(N(C)Cc2cscn2)n1. The lowest BCUT2D eigenvalue weighted by Crippen LogP contribution is -2.18. The fraction of sp³-hybridized carbons (Fsp3) is 0.300. The first-order valence-electron chi connectivity index (χ1n) is 4.74. The maximum atomic E-state index is 5.88. The van der Waals surface area contributed by atoms with Crippen LogP contribution in [0, 0.1) is 6.92 Å². The summed E-state index contributed by atoms with van der Waals surface area (Å²) in [4.78, 5) is 14.6. The number of aryl methyl sites for hydroxylation is 1. The molecule has 84 valence electrons. The zero-order chi connectivity index (χ0) is 11.5. The molecule has 6 heteroatoms. The molecule has 0 amide bonds. The van der Waals surface area contributed by atoms with E-state index in [1.165, 1.54) is 0 Å². The van der Waals surface area contributed by atoms with Crippen molar-refractivity contribution in [1.82, 2.24) is 15.0 Å². The van der Waals surface area contributed by atoms with Gasteiger partial charge in [0.15, 0.2) is 0 Å². The van der Waals surface area contributed by atoms with Crippen molar-refractivity contribution < 1.29 is 0 Å². The predicted octanol–water partition coefficient (Wildman–Crippen LogP) is 2.53. The molecule has 0 atom stereocenters. The van der Waals surface area contributed by atoms with Gasteiger partial charge in [-0.3, -0.25) is 0 Å². The molecular weight excluding hydrogens is 244 g/mol. The van der Waals surface area contributed by atoms with Crippen LogP contribution in [0.25, 0.3) is 0 Å². The standard InChI is InChI=1S/C10H11ClN4S/c1-7-13-9(11)3-10(14-7)15(2)4-8-5-16-6-12-8/h3,5-6H,4H2,1-2H3. The van der Waals surface area contributed by atoms with E-state index < -0.39 is 0 Å². The molecule has 2 heterocycles. The van der Waals surface area contributed by atoms with Crippen LogP contribution in [0.3, 0.4) is 0 Å². The smallest absolute Gasteiger partial charge is 0.134 e. The number of anilines is 1. The van der Waals surface area contributed by atoms with Gasteiger partial charge in [-0.25, -0.2) is 15.0 Å². The van der Waals surface area contributed by atoms with Crippen molar-refractivity contribution in [3.8, 4) is 0 Å². The van der Waals surface area contributed by atoms with Gasteiger partial charge in [-0.1, -0.05) is 11.6 Å². The number of aromatic nitrogens is 3. The highest BCUT2D eigenvalue weighted by atomic mass is 35.5. The van der Waals surface area contributed by atoms with Gasteiger partial charge in [-0.2, -0.15) is 0 Å². The molecule has 0 aliphatic rings. The van der Waals surface area contributed by atoms with Crippen molar-refractivity contribution in [3.05, 3.63) is 33.6 Å². The molecule has 2 aromatic heterocycles. The first kappa shape index (κ1) is 11.3. The largest absolute Gasteiger partial charge is 0.354 e. The Balaban J connectivity index is 2.17. The van der Waals surface area contributed by atoms with Gasteiger partial charge in [-0.15, -0.1) is 11.3 Å². The summed E-state index contributed by atoms with van der Waals surface area (Å²) in [5.41, 5.74) is 2.85. The topological polar surface area (TPSA) is 41.9 Å². The van der Waals surface area contributed by atoms with Gasteiger partial charge in [-0.05, 0) is 6.92 Å². The predicted molar refractivity (Wildman–Crippen MR) is 66.0 cm³/mol.